The highest BCUT2D eigenvalue weighted by atomic mass is 19.3. The number of hydrogen-bond acceptors (Lipinski definition) is 3. The van der Waals surface area contributed by atoms with Crippen molar-refractivity contribution in [2.75, 3.05) is 7.11 Å². The number of aldehydes is 1. The van der Waals surface area contributed by atoms with Crippen molar-refractivity contribution in [1.82, 2.24) is 0 Å². The predicted octanol–water partition coefficient (Wildman–Crippen LogP) is 1.71. The monoisotopic (exact) mass is 204 g/mol. The Hall–Kier alpha value is -1.49. The second kappa shape index (κ2) is 6.97. The van der Waals surface area contributed by atoms with Gasteiger partial charge in [0.05, 0.1) is 0 Å². The van der Waals surface area contributed by atoms with Gasteiger partial charge >= 0.3 is 6.61 Å². The number of alkyl halides is 2. The van der Waals surface area contributed by atoms with Gasteiger partial charge in [0.2, 0.25) is 0 Å². The fourth-order valence-corrected chi connectivity index (χ4v) is 0.728. The molecule has 0 bridgehead atoms. The molecule has 0 amide bonds. The average Bonchev–Trinajstić information content (AvgIpc) is 2.21. The molecule has 0 radical (unpaired) electrons. The summed E-state index contributed by atoms with van der Waals surface area (Å²) in [5.41, 5.74) is 0.427. The molecule has 3 nitrogen and oxygen atoms in total. The summed E-state index contributed by atoms with van der Waals surface area (Å²) in [7, 11) is 1.00. The van der Waals surface area contributed by atoms with Gasteiger partial charge in [0.1, 0.15) is 12.0 Å². The van der Waals surface area contributed by atoms with E-state index in [-0.39, 0.29) is 5.75 Å². The first-order valence-electron chi connectivity index (χ1n) is 3.67. The molecule has 5 heteroatoms. The maximum absolute atomic E-state index is 11.6. The van der Waals surface area contributed by atoms with E-state index in [1.54, 1.807) is 0 Å². The van der Waals surface area contributed by atoms with Crippen molar-refractivity contribution < 1.29 is 23.4 Å². The number of hydrogen-bond donors (Lipinski definition) is 1. The number of carbonyl (C=O) groups is 1. The van der Waals surface area contributed by atoms with Gasteiger partial charge in [-0.1, -0.05) is 0 Å². The third kappa shape index (κ3) is 4.51. The molecular weight excluding hydrogens is 194 g/mol. The van der Waals surface area contributed by atoms with Crippen molar-refractivity contribution in [3.63, 3.8) is 0 Å². The number of benzene rings is 1. The quantitative estimate of drug-likeness (QED) is 0.762. The lowest BCUT2D eigenvalue weighted by Crippen LogP contribution is -2.01. The molecule has 0 saturated carbocycles. The number of ether oxygens (including phenoxy) is 1. The summed E-state index contributed by atoms with van der Waals surface area (Å²) >= 11 is 0. The Kier molecular flexibility index (Phi) is 6.22. The van der Waals surface area contributed by atoms with Crippen LogP contribution < -0.4 is 4.74 Å². The number of rotatable bonds is 3. The lowest BCUT2D eigenvalue weighted by Gasteiger charge is -2.02. The zero-order chi connectivity index (χ0) is 11.0. The minimum absolute atomic E-state index is 0.0515. The molecule has 1 aromatic rings. The first kappa shape index (κ1) is 12.5. The molecule has 0 heterocycles. The molecule has 0 atom stereocenters. The van der Waals surface area contributed by atoms with Crippen molar-refractivity contribution in [3.05, 3.63) is 29.8 Å². The normalized spacial score (nSPS) is 8.93. The minimum atomic E-state index is -2.83. The Morgan fingerprint density at radius 1 is 1.29 bits per heavy atom. The van der Waals surface area contributed by atoms with Gasteiger partial charge in [-0.05, 0) is 24.3 Å². The van der Waals surface area contributed by atoms with E-state index < -0.39 is 6.61 Å². The third-order valence-electron chi connectivity index (χ3n) is 1.24. The summed E-state index contributed by atoms with van der Waals surface area (Å²) < 4.78 is 27.3. The molecule has 0 unspecified atom stereocenters. The van der Waals surface area contributed by atoms with E-state index in [0.717, 1.165) is 7.11 Å². The van der Waals surface area contributed by atoms with Crippen LogP contribution in [-0.2, 0) is 0 Å². The van der Waals surface area contributed by atoms with Crippen LogP contribution in [0, 0.1) is 0 Å². The molecular formula is C9H10F2O3. The van der Waals surface area contributed by atoms with Gasteiger partial charge in [-0.2, -0.15) is 8.78 Å². The van der Waals surface area contributed by atoms with Crippen molar-refractivity contribution in [2.45, 2.75) is 6.61 Å². The van der Waals surface area contributed by atoms with E-state index in [4.69, 9.17) is 5.11 Å². The van der Waals surface area contributed by atoms with E-state index in [1.807, 2.05) is 0 Å². The predicted molar refractivity (Wildman–Crippen MR) is 46.6 cm³/mol. The summed E-state index contributed by atoms with van der Waals surface area (Å²) in [6.45, 7) is -2.83. The summed E-state index contributed by atoms with van der Waals surface area (Å²) in [4.78, 5) is 10.2. The van der Waals surface area contributed by atoms with E-state index in [1.165, 1.54) is 24.3 Å². The molecule has 1 N–H and O–H groups in total. The van der Waals surface area contributed by atoms with Crippen LogP contribution in [0.25, 0.3) is 0 Å². The summed E-state index contributed by atoms with van der Waals surface area (Å²) in [5, 5.41) is 7.00. The molecule has 0 spiro atoms. The number of halogens is 2. The summed E-state index contributed by atoms with van der Waals surface area (Å²) in [5.74, 6) is 0.0515. The van der Waals surface area contributed by atoms with Crippen LogP contribution in [0.3, 0.4) is 0 Å². The van der Waals surface area contributed by atoms with Crippen LogP contribution in [0.2, 0.25) is 0 Å². The van der Waals surface area contributed by atoms with Crippen LogP contribution in [-0.4, -0.2) is 25.1 Å². The van der Waals surface area contributed by atoms with E-state index in [9.17, 15) is 13.6 Å². The lowest BCUT2D eigenvalue weighted by molar-refractivity contribution is -0.0498. The smallest absolute Gasteiger partial charge is 0.387 e. The first-order valence-corrected chi connectivity index (χ1v) is 3.67. The van der Waals surface area contributed by atoms with Gasteiger partial charge < -0.3 is 9.84 Å². The van der Waals surface area contributed by atoms with Crippen molar-refractivity contribution in [2.24, 2.45) is 0 Å². The van der Waals surface area contributed by atoms with Gasteiger partial charge in [0, 0.05) is 12.7 Å². The molecule has 0 fully saturated rings. The van der Waals surface area contributed by atoms with Crippen molar-refractivity contribution in [1.29, 1.82) is 0 Å². The molecule has 1 aromatic carbocycles. The molecule has 0 aliphatic rings. The Morgan fingerprint density at radius 2 is 1.79 bits per heavy atom. The largest absolute Gasteiger partial charge is 0.435 e. The first-order chi connectivity index (χ1) is 6.72. The molecule has 14 heavy (non-hydrogen) atoms. The van der Waals surface area contributed by atoms with Crippen molar-refractivity contribution >= 4 is 6.29 Å². The zero-order valence-corrected chi connectivity index (χ0v) is 7.48. The second-order valence-corrected chi connectivity index (χ2v) is 2.07. The average molecular weight is 204 g/mol. The van der Waals surface area contributed by atoms with Crippen molar-refractivity contribution in [3.8, 4) is 5.75 Å². The SMILES string of the molecule is CO.O=Cc1ccc(OC(F)F)cc1. The third-order valence-corrected chi connectivity index (χ3v) is 1.24. The van der Waals surface area contributed by atoms with E-state index in [0.29, 0.717) is 11.8 Å². The highest BCUT2D eigenvalue weighted by Gasteiger charge is 2.02. The maximum atomic E-state index is 11.6. The topological polar surface area (TPSA) is 46.5 Å². The molecule has 0 aliphatic carbocycles. The van der Waals surface area contributed by atoms with Crippen LogP contribution in [0.4, 0.5) is 8.78 Å². The molecule has 0 aromatic heterocycles. The lowest BCUT2D eigenvalue weighted by atomic mass is 10.2. The van der Waals surface area contributed by atoms with E-state index in [2.05, 4.69) is 4.74 Å². The molecule has 1 rings (SSSR count). The minimum Gasteiger partial charge on any atom is -0.435 e. The number of aliphatic hydroxyl groups is 1. The standard InChI is InChI=1S/C8H6F2O2.CH4O/c9-8(10)12-7-3-1-6(5-11)2-4-7;1-2/h1-5,8H;2H,1H3. The second-order valence-electron chi connectivity index (χ2n) is 2.07. The van der Waals surface area contributed by atoms with Crippen LogP contribution in [0.1, 0.15) is 10.4 Å². The van der Waals surface area contributed by atoms with Gasteiger partial charge in [0.25, 0.3) is 0 Å². The fourth-order valence-electron chi connectivity index (χ4n) is 0.728. The summed E-state index contributed by atoms with van der Waals surface area (Å²) in [6.07, 6.45) is 0.631. The van der Waals surface area contributed by atoms with Gasteiger partial charge in [-0.3, -0.25) is 4.79 Å². The highest BCUT2D eigenvalue weighted by Crippen LogP contribution is 2.13. The maximum Gasteiger partial charge on any atom is 0.387 e. The fraction of sp³-hybridized carbons (Fsp3) is 0.222. The Bertz CT molecular complexity index is 259. The molecule has 0 aliphatic heterocycles. The number of carbonyl (C=O) groups excluding carboxylic acids is 1. The highest BCUT2D eigenvalue weighted by molar-refractivity contribution is 5.74. The summed E-state index contributed by atoms with van der Waals surface area (Å²) in [6, 6.07) is 5.45. The Labute approximate surface area is 79.9 Å². The van der Waals surface area contributed by atoms with Gasteiger partial charge in [-0.25, -0.2) is 0 Å². The van der Waals surface area contributed by atoms with Crippen LogP contribution in [0.5, 0.6) is 5.75 Å². The van der Waals surface area contributed by atoms with Gasteiger partial charge in [-0.15, -0.1) is 0 Å². The van der Waals surface area contributed by atoms with Crippen LogP contribution in [0.15, 0.2) is 24.3 Å². The van der Waals surface area contributed by atoms with Gasteiger partial charge in [0.15, 0.2) is 0 Å². The zero-order valence-electron chi connectivity index (χ0n) is 7.48. The molecule has 78 valence electrons. The Balaban J connectivity index is 0.000000791. The Morgan fingerprint density at radius 3 is 2.14 bits per heavy atom. The van der Waals surface area contributed by atoms with Crippen LogP contribution >= 0.6 is 0 Å². The van der Waals surface area contributed by atoms with E-state index >= 15 is 0 Å². The number of aliphatic hydroxyl groups excluding tert-OH is 1. The molecule has 0 saturated heterocycles.